The topological polar surface area (TPSA) is 29.9 Å². The highest BCUT2D eigenvalue weighted by Crippen LogP contribution is 2.34. The van der Waals surface area contributed by atoms with Crippen LogP contribution in [0.15, 0.2) is 30.3 Å². The van der Waals surface area contributed by atoms with Crippen LogP contribution < -0.4 is 5.32 Å². The summed E-state index contributed by atoms with van der Waals surface area (Å²) in [5.41, 5.74) is 8.77. The minimum atomic E-state index is 0.606. The second-order valence-corrected chi connectivity index (χ2v) is 7.88. The van der Waals surface area contributed by atoms with Gasteiger partial charge in [0.2, 0.25) is 5.95 Å². The third kappa shape index (κ3) is 3.87. The van der Waals surface area contributed by atoms with Gasteiger partial charge in [-0.15, -0.1) is 0 Å². The Hall–Kier alpha value is -2.29. The molecule has 3 rings (SSSR count). The Morgan fingerprint density at radius 1 is 1.00 bits per heavy atom. The maximum Gasteiger partial charge on any atom is 0.208 e. The number of aryl methyl sites for hydroxylation is 4. The summed E-state index contributed by atoms with van der Waals surface area (Å²) in [5.74, 6) is 1.52. The predicted octanol–water partition coefficient (Wildman–Crippen LogP) is 6.93. The average Bonchev–Trinajstić information content (AvgIpc) is 2.94. The van der Waals surface area contributed by atoms with Crippen LogP contribution in [0.25, 0.3) is 11.0 Å². The van der Waals surface area contributed by atoms with E-state index in [-0.39, 0.29) is 0 Å². The fourth-order valence-corrected chi connectivity index (χ4v) is 4.38. The molecule has 0 atom stereocenters. The van der Waals surface area contributed by atoms with Gasteiger partial charge in [0.05, 0.1) is 11.0 Å². The molecule has 0 radical (unpaired) electrons. The van der Waals surface area contributed by atoms with Gasteiger partial charge in [0.25, 0.3) is 0 Å². The monoisotopic (exact) mass is 363 g/mol. The molecule has 144 valence electrons. The summed E-state index contributed by atoms with van der Waals surface area (Å²) in [6, 6.07) is 11.0. The molecule has 0 aliphatic rings. The number of para-hydroxylation sites is 1. The smallest absolute Gasteiger partial charge is 0.208 e. The lowest BCUT2D eigenvalue weighted by Crippen LogP contribution is -2.05. The molecule has 3 nitrogen and oxygen atoms in total. The quantitative estimate of drug-likeness (QED) is 0.493. The van der Waals surface area contributed by atoms with Gasteiger partial charge in [0.1, 0.15) is 0 Å². The van der Waals surface area contributed by atoms with Crippen LogP contribution in [0.3, 0.4) is 0 Å². The van der Waals surface area contributed by atoms with Crippen molar-refractivity contribution in [2.45, 2.75) is 66.2 Å². The van der Waals surface area contributed by atoms with E-state index in [0.717, 1.165) is 11.5 Å². The highest BCUT2D eigenvalue weighted by molar-refractivity contribution is 5.83. The molecule has 1 aromatic heterocycles. The Bertz CT molecular complexity index is 907. The first-order chi connectivity index (χ1) is 13.0. The lowest BCUT2D eigenvalue weighted by atomic mass is 9.89. The normalized spacial score (nSPS) is 11.5. The molecule has 0 aliphatic carbocycles. The number of nitrogens with zero attached hydrogens (tertiary/aromatic N) is 2. The Labute approximate surface area is 163 Å². The van der Waals surface area contributed by atoms with Crippen molar-refractivity contribution in [1.29, 1.82) is 0 Å². The van der Waals surface area contributed by atoms with Crippen molar-refractivity contribution < 1.29 is 0 Å². The Morgan fingerprint density at radius 2 is 1.63 bits per heavy atom. The first kappa shape index (κ1) is 19.5. The van der Waals surface area contributed by atoms with Crippen LogP contribution in [-0.2, 0) is 7.05 Å². The molecule has 0 saturated carbocycles. The van der Waals surface area contributed by atoms with Crippen LogP contribution in [0.5, 0.6) is 0 Å². The van der Waals surface area contributed by atoms with E-state index in [4.69, 9.17) is 4.98 Å². The second-order valence-electron chi connectivity index (χ2n) is 7.88. The van der Waals surface area contributed by atoms with Crippen LogP contribution in [-0.4, -0.2) is 9.55 Å². The zero-order valence-electron chi connectivity index (χ0n) is 17.7. The highest BCUT2D eigenvalue weighted by Gasteiger charge is 2.18. The number of benzene rings is 2. The number of aromatic nitrogens is 2. The summed E-state index contributed by atoms with van der Waals surface area (Å²) >= 11 is 0. The van der Waals surface area contributed by atoms with E-state index in [9.17, 15) is 0 Å². The number of anilines is 2. The molecular formula is C24H33N3. The first-order valence-electron chi connectivity index (χ1n) is 10.3. The molecule has 0 bridgehead atoms. The Balaban J connectivity index is 2.07. The SMILES string of the molecule is CCCC(CCC)c1cccc2nc(Nc3c(C)cc(C)cc3C)n(C)c12. The summed E-state index contributed by atoms with van der Waals surface area (Å²) in [6.07, 6.45) is 4.89. The molecule has 0 unspecified atom stereocenters. The van der Waals surface area contributed by atoms with Gasteiger partial charge < -0.3 is 9.88 Å². The molecule has 27 heavy (non-hydrogen) atoms. The van der Waals surface area contributed by atoms with E-state index >= 15 is 0 Å². The van der Waals surface area contributed by atoms with E-state index in [1.807, 2.05) is 0 Å². The van der Waals surface area contributed by atoms with E-state index in [1.54, 1.807) is 0 Å². The van der Waals surface area contributed by atoms with Gasteiger partial charge in [-0.05, 0) is 62.3 Å². The van der Waals surface area contributed by atoms with Gasteiger partial charge in [-0.3, -0.25) is 0 Å². The zero-order chi connectivity index (χ0) is 19.6. The van der Waals surface area contributed by atoms with E-state index in [1.165, 1.54) is 59.1 Å². The van der Waals surface area contributed by atoms with Gasteiger partial charge in [-0.1, -0.05) is 56.5 Å². The molecule has 1 N–H and O–H groups in total. The largest absolute Gasteiger partial charge is 0.325 e. The van der Waals surface area contributed by atoms with E-state index < -0.39 is 0 Å². The first-order valence-corrected chi connectivity index (χ1v) is 10.3. The highest BCUT2D eigenvalue weighted by atomic mass is 15.2. The van der Waals surface area contributed by atoms with E-state index in [2.05, 4.69) is 81.9 Å². The predicted molar refractivity (Wildman–Crippen MR) is 117 cm³/mol. The van der Waals surface area contributed by atoms with Crippen molar-refractivity contribution in [3.63, 3.8) is 0 Å². The molecule has 3 heteroatoms. The Morgan fingerprint density at radius 3 is 2.22 bits per heavy atom. The minimum Gasteiger partial charge on any atom is -0.325 e. The Kier molecular flexibility index (Phi) is 5.88. The van der Waals surface area contributed by atoms with Crippen LogP contribution in [0, 0.1) is 20.8 Å². The van der Waals surface area contributed by atoms with Crippen molar-refractivity contribution in [2.24, 2.45) is 7.05 Å². The molecule has 0 spiro atoms. The summed E-state index contributed by atoms with van der Waals surface area (Å²) in [4.78, 5) is 4.93. The van der Waals surface area contributed by atoms with Crippen molar-refractivity contribution in [2.75, 3.05) is 5.32 Å². The maximum atomic E-state index is 4.93. The van der Waals surface area contributed by atoms with Gasteiger partial charge in [-0.2, -0.15) is 0 Å². The van der Waals surface area contributed by atoms with Crippen LogP contribution in [0.1, 0.15) is 67.7 Å². The van der Waals surface area contributed by atoms with Gasteiger partial charge in [-0.25, -0.2) is 4.98 Å². The van der Waals surface area contributed by atoms with Crippen molar-refractivity contribution >= 4 is 22.7 Å². The number of fused-ring (bicyclic) bond motifs is 1. The summed E-state index contributed by atoms with van der Waals surface area (Å²) < 4.78 is 2.24. The second kappa shape index (κ2) is 8.16. The maximum absolute atomic E-state index is 4.93. The van der Waals surface area contributed by atoms with Crippen LogP contribution in [0.2, 0.25) is 0 Å². The average molecular weight is 364 g/mol. The number of nitrogens with one attached hydrogen (secondary N) is 1. The summed E-state index contributed by atoms with van der Waals surface area (Å²) in [6.45, 7) is 11.0. The lowest BCUT2D eigenvalue weighted by molar-refractivity contribution is 0.562. The minimum absolute atomic E-state index is 0.606. The molecule has 0 fully saturated rings. The zero-order valence-corrected chi connectivity index (χ0v) is 17.7. The number of rotatable bonds is 7. The molecule has 0 amide bonds. The van der Waals surface area contributed by atoms with Crippen molar-refractivity contribution in [3.05, 3.63) is 52.6 Å². The number of imidazole rings is 1. The lowest BCUT2D eigenvalue weighted by Gasteiger charge is -2.18. The van der Waals surface area contributed by atoms with Gasteiger partial charge >= 0.3 is 0 Å². The van der Waals surface area contributed by atoms with Crippen LogP contribution >= 0.6 is 0 Å². The molecule has 3 aromatic rings. The molecular weight excluding hydrogens is 330 g/mol. The van der Waals surface area contributed by atoms with Crippen molar-refractivity contribution in [3.8, 4) is 0 Å². The summed E-state index contributed by atoms with van der Waals surface area (Å²) in [7, 11) is 2.13. The summed E-state index contributed by atoms with van der Waals surface area (Å²) in [5, 5.41) is 3.61. The fraction of sp³-hybridized carbons (Fsp3) is 0.458. The van der Waals surface area contributed by atoms with Crippen molar-refractivity contribution in [1.82, 2.24) is 9.55 Å². The van der Waals surface area contributed by atoms with Gasteiger partial charge in [0, 0.05) is 12.7 Å². The number of hydrogen-bond acceptors (Lipinski definition) is 2. The third-order valence-corrected chi connectivity index (χ3v) is 5.55. The van der Waals surface area contributed by atoms with Gasteiger partial charge in [0.15, 0.2) is 0 Å². The number of hydrogen-bond donors (Lipinski definition) is 1. The van der Waals surface area contributed by atoms with E-state index in [0.29, 0.717) is 5.92 Å². The van der Waals surface area contributed by atoms with Crippen LogP contribution in [0.4, 0.5) is 11.6 Å². The fourth-order valence-electron chi connectivity index (χ4n) is 4.38. The molecule has 2 aromatic carbocycles. The molecule has 1 heterocycles. The third-order valence-electron chi connectivity index (χ3n) is 5.55. The molecule has 0 aliphatic heterocycles. The standard InChI is InChI=1S/C24H33N3/c1-7-10-19(11-8-2)20-12-9-13-21-23(20)27(6)24(25-21)26-22-17(4)14-16(3)15-18(22)5/h9,12-15,19H,7-8,10-11H2,1-6H3,(H,25,26). The molecule has 0 saturated heterocycles.